The van der Waals surface area contributed by atoms with E-state index in [1.807, 2.05) is 13.8 Å². The van der Waals surface area contributed by atoms with E-state index in [-0.39, 0.29) is 1.43 Å². The quantitative estimate of drug-likeness (QED) is 0.519. The third kappa shape index (κ3) is 0.765. The second-order valence-corrected chi connectivity index (χ2v) is 1.47. The molecule has 0 unspecified atom stereocenters. The molecule has 0 aromatic carbocycles. The predicted molar refractivity (Wildman–Crippen MR) is 28.0 cm³/mol. The van der Waals surface area contributed by atoms with Crippen LogP contribution in [0.3, 0.4) is 0 Å². The van der Waals surface area contributed by atoms with Gasteiger partial charge in [-0.15, -0.1) is 0 Å². The van der Waals surface area contributed by atoms with Crippen molar-refractivity contribution in [3.8, 4) is 0 Å². The van der Waals surface area contributed by atoms with Gasteiger partial charge in [0.2, 0.25) is 0 Å². The average Bonchev–Trinajstić information content (AvgIpc) is 1.87. The Kier molecular flexibility index (Phi) is 0.817. The van der Waals surface area contributed by atoms with E-state index in [2.05, 4.69) is 15.2 Å². The molecule has 1 heterocycles. The Morgan fingerprint density at radius 2 is 2.29 bits per heavy atom. The molecule has 0 fully saturated rings. The molecule has 0 aliphatic rings. The van der Waals surface area contributed by atoms with Crippen LogP contribution in [0.4, 0.5) is 0 Å². The zero-order valence-electron chi connectivity index (χ0n) is 4.39. The maximum absolute atomic E-state index is 3.94. The van der Waals surface area contributed by atoms with Crippen molar-refractivity contribution in [3.63, 3.8) is 0 Å². The molecular formula is C4H9N3. The van der Waals surface area contributed by atoms with E-state index in [1.54, 1.807) is 0 Å². The Labute approximate surface area is 43.3 Å². The molecule has 3 heteroatoms. The second-order valence-electron chi connectivity index (χ2n) is 1.47. The fourth-order valence-electron chi connectivity index (χ4n) is 0.455. The summed E-state index contributed by atoms with van der Waals surface area (Å²) in [6.45, 7) is 3.73. The summed E-state index contributed by atoms with van der Waals surface area (Å²) in [6, 6.07) is 0. The molecule has 40 valence electrons. The van der Waals surface area contributed by atoms with Crippen molar-refractivity contribution in [1.29, 1.82) is 0 Å². The number of hydrogen-bond acceptors (Lipinski definition) is 2. The van der Waals surface area contributed by atoms with Gasteiger partial charge >= 0.3 is 0 Å². The van der Waals surface area contributed by atoms with Gasteiger partial charge in [-0.3, -0.25) is 5.10 Å². The number of aryl methyl sites for hydroxylation is 2. The van der Waals surface area contributed by atoms with Gasteiger partial charge < -0.3 is 0 Å². The summed E-state index contributed by atoms with van der Waals surface area (Å²) in [5, 5.41) is 6.49. The lowest BCUT2D eigenvalue weighted by Crippen LogP contribution is -1.70. The number of nitrogens with one attached hydrogen (secondary N) is 1. The largest absolute Gasteiger partial charge is 0.263 e. The zero-order valence-corrected chi connectivity index (χ0v) is 4.39. The standard InChI is InChI=1S/C4H7N3.H2/c1-3-5-4(2)7-6-3;/h1-2H3,(H,5,6,7);1H. The molecule has 0 saturated carbocycles. The maximum Gasteiger partial charge on any atom is 0.147 e. The van der Waals surface area contributed by atoms with Crippen molar-refractivity contribution < 1.29 is 1.43 Å². The molecule has 0 aliphatic carbocycles. The van der Waals surface area contributed by atoms with Crippen LogP contribution >= 0.6 is 0 Å². The number of aromatic amines is 1. The molecular weight excluding hydrogens is 90.1 g/mol. The van der Waals surface area contributed by atoms with Gasteiger partial charge in [0, 0.05) is 1.43 Å². The molecule has 0 saturated heterocycles. The molecule has 1 aromatic heterocycles. The Bertz CT molecular complexity index is 144. The first-order valence-electron chi connectivity index (χ1n) is 2.14. The molecule has 1 rings (SSSR count). The first-order chi connectivity index (χ1) is 3.29. The van der Waals surface area contributed by atoms with Gasteiger partial charge in [-0.2, -0.15) is 5.10 Å². The molecule has 0 bridgehead atoms. The molecule has 7 heavy (non-hydrogen) atoms. The van der Waals surface area contributed by atoms with Crippen molar-refractivity contribution in [2.24, 2.45) is 0 Å². The lowest BCUT2D eigenvalue weighted by atomic mass is 10.7. The van der Waals surface area contributed by atoms with Crippen LogP contribution in [0.25, 0.3) is 0 Å². The van der Waals surface area contributed by atoms with Crippen LogP contribution in [0.1, 0.15) is 13.1 Å². The molecule has 0 amide bonds. The van der Waals surface area contributed by atoms with Crippen molar-refractivity contribution in [1.82, 2.24) is 15.2 Å². The van der Waals surface area contributed by atoms with Crippen LogP contribution in [0, 0.1) is 13.8 Å². The van der Waals surface area contributed by atoms with Crippen LogP contribution in [-0.4, -0.2) is 15.2 Å². The summed E-state index contributed by atoms with van der Waals surface area (Å²) in [4.78, 5) is 3.94. The molecule has 3 nitrogen and oxygen atoms in total. The minimum atomic E-state index is 0. The monoisotopic (exact) mass is 99.1 g/mol. The molecule has 1 N–H and O–H groups in total. The summed E-state index contributed by atoms with van der Waals surface area (Å²) < 4.78 is 0. The van der Waals surface area contributed by atoms with Crippen LogP contribution in [-0.2, 0) is 0 Å². The summed E-state index contributed by atoms with van der Waals surface area (Å²) in [7, 11) is 0. The van der Waals surface area contributed by atoms with Gasteiger partial charge in [0.25, 0.3) is 0 Å². The minimum absolute atomic E-state index is 0. The van der Waals surface area contributed by atoms with Crippen LogP contribution in [0.15, 0.2) is 0 Å². The highest BCUT2D eigenvalue weighted by Gasteiger charge is 1.86. The molecule has 1 aromatic rings. The maximum atomic E-state index is 3.94. The normalized spacial score (nSPS) is 9.43. The van der Waals surface area contributed by atoms with E-state index >= 15 is 0 Å². The van der Waals surface area contributed by atoms with Crippen molar-refractivity contribution >= 4 is 0 Å². The Hall–Kier alpha value is -0.860. The number of nitrogens with zero attached hydrogens (tertiary/aromatic N) is 2. The second kappa shape index (κ2) is 1.33. The lowest BCUT2D eigenvalue weighted by Gasteiger charge is -1.68. The highest BCUT2D eigenvalue weighted by atomic mass is 15.2. The molecule has 0 spiro atoms. The summed E-state index contributed by atoms with van der Waals surface area (Å²) in [5.41, 5.74) is 0. The van der Waals surface area contributed by atoms with Gasteiger partial charge in [0.1, 0.15) is 11.6 Å². The first-order valence-corrected chi connectivity index (χ1v) is 2.14. The van der Waals surface area contributed by atoms with Gasteiger partial charge in [-0.25, -0.2) is 4.98 Å². The zero-order chi connectivity index (χ0) is 5.28. The van der Waals surface area contributed by atoms with Gasteiger partial charge in [0.15, 0.2) is 0 Å². The smallest absolute Gasteiger partial charge is 0.147 e. The number of rotatable bonds is 0. The molecule has 0 radical (unpaired) electrons. The first kappa shape index (κ1) is 4.30. The number of H-pyrrole nitrogens is 1. The van der Waals surface area contributed by atoms with E-state index in [4.69, 9.17) is 0 Å². The predicted octanol–water partition coefficient (Wildman–Crippen LogP) is 0.668. The van der Waals surface area contributed by atoms with E-state index in [1.165, 1.54) is 0 Å². The van der Waals surface area contributed by atoms with Gasteiger partial charge in [-0.1, -0.05) is 0 Å². The Balaban J connectivity index is 0.000000490. The van der Waals surface area contributed by atoms with Crippen LogP contribution < -0.4 is 0 Å². The molecule has 0 aliphatic heterocycles. The fourth-order valence-corrected chi connectivity index (χ4v) is 0.455. The molecule has 0 atom stereocenters. The summed E-state index contributed by atoms with van der Waals surface area (Å²) in [6.07, 6.45) is 0. The van der Waals surface area contributed by atoms with E-state index in [0.717, 1.165) is 11.6 Å². The lowest BCUT2D eigenvalue weighted by molar-refractivity contribution is 1.02. The van der Waals surface area contributed by atoms with Crippen LogP contribution in [0.5, 0.6) is 0 Å². The third-order valence-corrected chi connectivity index (χ3v) is 0.709. The average molecular weight is 99.1 g/mol. The highest BCUT2D eigenvalue weighted by Crippen LogP contribution is 1.83. The van der Waals surface area contributed by atoms with Crippen molar-refractivity contribution in [3.05, 3.63) is 11.6 Å². The third-order valence-electron chi connectivity index (χ3n) is 0.709. The van der Waals surface area contributed by atoms with E-state index in [9.17, 15) is 0 Å². The fraction of sp³-hybridized carbons (Fsp3) is 0.500. The SMILES string of the molecule is Cc1n[nH]c(C)n1.[HH]. The number of aromatic nitrogens is 3. The van der Waals surface area contributed by atoms with Crippen molar-refractivity contribution in [2.45, 2.75) is 13.8 Å². The Morgan fingerprint density at radius 3 is 2.43 bits per heavy atom. The summed E-state index contributed by atoms with van der Waals surface area (Å²) in [5.74, 6) is 1.68. The number of hydrogen-bond donors (Lipinski definition) is 1. The van der Waals surface area contributed by atoms with Crippen molar-refractivity contribution in [2.75, 3.05) is 0 Å². The van der Waals surface area contributed by atoms with E-state index < -0.39 is 0 Å². The van der Waals surface area contributed by atoms with Crippen LogP contribution in [0.2, 0.25) is 0 Å². The summed E-state index contributed by atoms with van der Waals surface area (Å²) >= 11 is 0. The van der Waals surface area contributed by atoms with E-state index in [0.29, 0.717) is 0 Å². The topological polar surface area (TPSA) is 41.6 Å². The highest BCUT2D eigenvalue weighted by molar-refractivity contribution is 4.82. The Morgan fingerprint density at radius 1 is 1.57 bits per heavy atom. The minimum Gasteiger partial charge on any atom is -0.263 e. The van der Waals surface area contributed by atoms with Gasteiger partial charge in [-0.05, 0) is 13.8 Å². The van der Waals surface area contributed by atoms with Gasteiger partial charge in [0.05, 0.1) is 0 Å².